The molecule has 22 heavy (non-hydrogen) atoms. The van der Waals surface area contributed by atoms with Crippen molar-refractivity contribution in [1.29, 1.82) is 0 Å². The van der Waals surface area contributed by atoms with Gasteiger partial charge < -0.3 is 16.0 Å². The number of rotatable bonds is 3. The number of carbonyl (C=O) groups excluding carboxylic acids is 1. The van der Waals surface area contributed by atoms with Gasteiger partial charge in [-0.2, -0.15) is 4.98 Å². The topological polar surface area (TPSA) is 84.1 Å². The summed E-state index contributed by atoms with van der Waals surface area (Å²) in [6.45, 7) is 3.43. The zero-order valence-electron chi connectivity index (χ0n) is 12.5. The molecule has 116 valence electrons. The second kappa shape index (κ2) is 6.31. The lowest BCUT2D eigenvalue weighted by Crippen LogP contribution is -2.45. The lowest BCUT2D eigenvalue weighted by Gasteiger charge is -2.33. The first kappa shape index (κ1) is 14.8. The van der Waals surface area contributed by atoms with E-state index in [1.165, 1.54) is 11.3 Å². The summed E-state index contributed by atoms with van der Waals surface area (Å²) in [5, 5.41) is 5.33. The maximum atomic E-state index is 12.4. The first-order chi connectivity index (χ1) is 10.6. The van der Waals surface area contributed by atoms with Crippen molar-refractivity contribution >= 4 is 29.0 Å². The highest BCUT2D eigenvalue weighted by molar-refractivity contribution is 7.12. The minimum absolute atomic E-state index is 0.112. The third-order valence-electron chi connectivity index (χ3n) is 3.77. The standard InChI is InChI=1S/C15H19N5OS/c1-10-8-17-15(16)19-13(10)18-11-4-2-6-20(9-11)14(21)12-5-3-7-22-12/h3,5,7-8,11H,2,4,6,9H2,1H3,(H3,16,17,18,19)/t11-/m0/s1. The normalized spacial score (nSPS) is 18.2. The molecule has 3 N–H and O–H groups in total. The van der Waals surface area contributed by atoms with Crippen LogP contribution in [0.5, 0.6) is 0 Å². The van der Waals surface area contributed by atoms with Gasteiger partial charge >= 0.3 is 0 Å². The Morgan fingerprint density at radius 2 is 2.41 bits per heavy atom. The van der Waals surface area contributed by atoms with Gasteiger partial charge in [-0.3, -0.25) is 4.79 Å². The first-order valence-electron chi connectivity index (χ1n) is 7.32. The molecule has 0 aromatic carbocycles. The lowest BCUT2D eigenvalue weighted by atomic mass is 10.1. The molecule has 1 saturated heterocycles. The fourth-order valence-electron chi connectivity index (χ4n) is 2.63. The molecule has 3 heterocycles. The zero-order valence-corrected chi connectivity index (χ0v) is 13.3. The average Bonchev–Trinajstić information content (AvgIpc) is 3.05. The number of aromatic nitrogens is 2. The second-order valence-electron chi connectivity index (χ2n) is 5.47. The summed E-state index contributed by atoms with van der Waals surface area (Å²) in [5.74, 6) is 1.12. The highest BCUT2D eigenvalue weighted by Gasteiger charge is 2.25. The number of carbonyl (C=O) groups is 1. The predicted molar refractivity (Wildman–Crippen MR) is 88.0 cm³/mol. The van der Waals surface area contributed by atoms with Crippen LogP contribution in [0.1, 0.15) is 28.1 Å². The number of nitrogens with two attached hydrogens (primary N) is 1. The van der Waals surface area contributed by atoms with Gasteiger partial charge in [-0.15, -0.1) is 11.3 Å². The summed E-state index contributed by atoms with van der Waals surface area (Å²) in [5.41, 5.74) is 6.60. The van der Waals surface area contributed by atoms with Crippen LogP contribution in [0.4, 0.5) is 11.8 Å². The number of amides is 1. The Bertz CT molecular complexity index is 658. The fraction of sp³-hybridized carbons (Fsp3) is 0.400. The van der Waals surface area contributed by atoms with Crippen LogP contribution >= 0.6 is 11.3 Å². The number of likely N-dealkylation sites (tertiary alicyclic amines) is 1. The number of nitrogens with zero attached hydrogens (tertiary/aromatic N) is 3. The number of nitrogen functional groups attached to an aromatic ring is 1. The van der Waals surface area contributed by atoms with E-state index >= 15 is 0 Å². The molecule has 1 aliphatic heterocycles. The molecule has 1 aliphatic rings. The van der Waals surface area contributed by atoms with E-state index in [1.807, 2.05) is 29.3 Å². The van der Waals surface area contributed by atoms with E-state index < -0.39 is 0 Å². The van der Waals surface area contributed by atoms with Crippen LogP contribution in [0.25, 0.3) is 0 Å². The van der Waals surface area contributed by atoms with E-state index in [9.17, 15) is 4.79 Å². The van der Waals surface area contributed by atoms with Crippen LogP contribution in [0.15, 0.2) is 23.7 Å². The van der Waals surface area contributed by atoms with E-state index in [-0.39, 0.29) is 17.9 Å². The van der Waals surface area contributed by atoms with Gasteiger partial charge in [0, 0.05) is 30.9 Å². The summed E-state index contributed by atoms with van der Waals surface area (Å²) in [6, 6.07) is 3.97. The van der Waals surface area contributed by atoms with Crippen molar-refractivity contribution in [2.45, 2.75) is 25.8 Å². The number of nitrogens with one attached hydrogen (secondary N) is 1. The molecule has 0 spiro atoms. The van der Waals surface area contributed by atoms with Gasteiger partial charge in [-0.25, -0.2) is 4.98 Å². The SMILES string of the molecule is Cc1cnc(N)nc1N[C@H]1CCCN(C(=O)c2cccs2)C1. The van der Waals surface area contributed by atoms with Crippen molar-refractivity contribution in [3.8, 4) is 0 Å². The average molecular weight is 317 g/mol. The van der Waals surface area contributed by atoms with Gasteiger partial charge in [-0.05, 0) is 31.2 Å². The van der Waals surface area contributed by atoms with Crippen LogP contribution in [0.3, 0.4) is 0 Å². The Morgan fingerprint density at radius 1 is 1.55 bits per heavy atom. The molecule has 0 bridgehead atoms. The smallest absolute Gasteiger partial charge is 0.263 e. The summed E-state index contributed by atoms with van der Waals surface area (Å²) in [7, 11) is 0. The minimum Gasteiger partial charge on any atom is -0.368 e. The molecule has 0 saturated carbocycles. The predicted octanol–water partition coefficient (Wildman–Crippen LogP) is 2.15. The van der Waals surface area contributed by atoms with Crippen molar-refractivity contribution in [2.24, 2.45) is 0 Å². The molecule has 2 aromatic heterocycles. The maximum absolute atomic E-state index is 12.4. The quantitative estimate of drug-likeness (QED) is 0.906. The van der Waals surface area contributed by atoms with Crippen LogP contribution in [-0.4, -0.2) is 39.9 Å². The lowest BCUT2D eigenvalue weighted by molar-refractivity contribution is 0.0719. The second-order valence-corrected chi connectivity index (χ2v) is 6.42. The highest BCUT2D eigenvalue weighted by Crippen LogP contribution is 2.20. The van der Waals surface area contributed by atoms with Crippen molar-refractivity contribution in [3.63, 3.8) is 0 Å². The van der Waals surface area contributed by atoms with Crippen molar-refractivity contribution < 1.29 is 4.79 Å². The Morgan fingerprint density at radius 3 is 3.18 bits per heavy atom. The monoisotopic (exact) mass is 317 g/mol. The number of piperidine rings is 1. The molecule has 3 rings (SSSR count). The largest absolute Gasteiger partial charge is 0.368 e. The highest BCUT2D eigenvalue weighted by atomic mass is 32.1. The minimum atomic E-state index is 0.112. The third kappa shape index (κ3) is 3.19. The van der Waals surface area contributed by atoms with Gasteiger partial charge in [0.2, 0.25) is 5.95 Å². The Labute approximate surface area is 133 Å². The van der Waals surface area contributed by atoms with Gasteiger partial charge in [0.1, 0.15) is 5.82 Å². The molecule has 1 fully saturated rings. The molecule has 0 unspecified atom stereocenters. The van der Waals surface area contributed by atoms with Crippen LogP contribution < -0.4 is 11.1 Å². The molecule has 1 amide bonds. The van der Waals surface area contributed by atoms with Crippen molar-refractivity contribution in [2.75, 3.05) is 24.1 Å². The summed E-state index contributed by atoms with van der Waals surface area (Å²) in [6.07, 6.45) is 3.70. The van der Waals surface area contributed by atoms with Crippen molar-refractivity contribution in [3.05, 3.63) is 34.2 Å². The Balaban J connectivity index is 1.68. The number of anilines is 2. The Hall–Kier alpha value is -2.15. The van der Waals surface area contributed by atoms with E-state index in [4.69, 9.17) is 5.73 Å². The molecule has 0 radical (unpaired) electrons. The van der Waals surface area contributed by atoms with E-state index in [1.54, 1.807) is 6.20 Å². The van der Waals surface area contributed by atoms with E-state index in [0.717, 1.165) is 35.6 Å². The van der Waals surface area contributed by atoms with Crippen molar-refractivity contribution in [1.82, 2.24) is 14.9 Å². The Kier molecular flexibility index (Phi) is 4.24. The zero-order chi connectivity index (χ0) is 15.5. The number of aryl methyl sites for hydroxylation is 1. The van der Waals surface area contributed by atoms with Crippen LogP contribution in [0.2, 0.25) is 0 Å². The third-order valence-corrected chi connectivity index (χ3v) is 4.63. The summed E-state index contributed by atoms with van der Waals surface area (Å²) >= 11 is 1.49. The van der Waals surface area contributed by atoms with Gasteiger partial charge in [0.05, 0.1) is 4.88 Å². The van der Waals surface area contributed by atoms with Gasteiger partial charge in [0.25, 0.3) is 5.91 Å². The van der Waals surface area contributed by atoms with E-state index in [2.05, 4.69) is 15.3 Å². The van der Waals surface area contributed by atoms with Crippen LogP contribution in [-0.2, 0) is 0 Å². The molecule has 2 aromatic rings. The number of hydrogen-bond acceptors (Lipinski definition) is 6. The number of thiophene rings is 1. The van der Waals surface area contributed by atoms with Gasteiger partial charge in [-0.1, -0.05) is 6.07 Å². The fourth-order valence-corrected chi connectivity index (χ4v) is 3.32. The molecule has 7 heteroatoms. The van der Waals surface area contributed by atoms with Crippen LogP contribution in [0, 0.1) is 6.92 Å². The van der Waals surface area contributed by atoms with Gasteiger partial charge in [0.15, 0.2) is 0 Å². The molecule has 0 aliphatic carbocycles. The number of hydrogen-bond donors (Lipinski definition) is 2. The molecule has 6 nitrogen and oxygen atoms in total. The summed E-state index contributed by atoms with van der Waals surface area (Å²) < 4.78 is 0. The first-order valence-corrected chi connectivity index (χ1v) is 8.20. The molecular formula is C15H19N5OS. The molecular weight excluding hydrogens is 298 g/mol. The summed E-state index contributed by atoms with van der Waals surface area (Å²) in [4.78, 5) is 23.4. The maximum Gasteiger partial charge on any atom is 0.263 e. The molecule has 1 atom stereocenters. The van der Waals surface area contributed by atoms with E-state index in [0.29, 0.717) is 6.54 Å².